The molecule has 0 saturated heterocycles. The second-order valence-corrected chi connectivity index (χ2v) is 11.9. The van der Waals surface area contributed by atoms with Gasteiger partial charge in [0.05, 0.1) is 12.2 Å². The summed E-state index contributed by atoms with van der Waals surface area (Å²) in [4.78, 5) is 30.3. The molecular formula is C32H39N7O2. The van der Waals surface area contributed by atoms with Crippen molar-refractivity contribution in [3.8, 4) is 5.82 Å². The molecule has 41 heavy (non-hydrogen) atoms. The Balaban J connectivity index is 1.41. The molecule has 1 aliphatic heterocycles. The number of aromatic nitrogens is 5. The molecule has 9 nitrogen and oxygen atoms in total. The van der Waals surface area contributed by atoms with Crippen molar-refractivity contribution in [3.05, 3.63) is 81.9 Å². The smallest absolute Gasteiger partial charge is 0.278 e. The average molecular weight is 554 g/mol. The normalized spacial score (nSPS) is 16.5. The van der Waals surface area contributed by atoms with Crippen molar-refractivity contribution in [2.24, 2.45) is 0 Å². The van der Waals surface area contributed by atoms with E-state index in [1.807, 2.05) is 51.1 Å². The molecule has 4 heterocycles. The maximum Gasteiger partial charge on any atom is 0.278 e. The molecule has 0 amide bonds. The van der Waals surface area contributed by atoms with Crippen LogP contribution in [0.5, 0.6) is 0 Å². The summed E-state index contributed by atoms with van der Waals surface area (Å²) in [6, 6.07) is 12.4. The van der Waals surface area contributed by atoms with Gasteiger partial charge in [0.25, 0.3) is 5.56 Å². The van der Waals surface area contributed by atoms with Crippen LogP contribution < -0.4 is 10.9 Å². The fourth-order valence-corrected chi connectivity index (χ4v) is 5.97. The van der Waals surface area contributed by atoms with Gasteiger partial charge in [-0.2, -0.15) is 4.98 Å². The zero-order valence-electron chi connectivity index (χ0n) is 24.6. The number of ether oxygens (including phenoxy) is 1. The molecule has 1 aliphatic carbocycles. The van der Waals surface area contributed by atoms with Gasteiger partial charge in [-0.1, -0.05) is 31.2 Å². The lowest BCUT2D eigenvalue weighted by atomic mass is 9.87. The summed E-state index contributed by atoms with van der Waals surface area (Å²) in [5.74, 6) is 1.03. The quantitative estimate of drug-likeness (QED) is 0.276. The maximum atomic E-state index is 13.5. The minimum Gasteiger partial charge on any atom is -0.369 e. The molecule has 1 aromatic carbocycles. The van der Waals surface area contributed by atoms with E-state index in [0.29, 0.717) is 41.4 Å². The molecule has 1 fully saturated rings. The summed E-state index contributed by atoms with van der Waals surface area (Å²) in [6.07, 6.45) is 8.92. The predicted molar refractivity (Wildman–Crippen MR) is 162 cm³/mol. The zero-order chi connectivity index (χ0) is 28.8. The van der Waals surface area contributed by atoms with Crippen molar-refractivity contribution in [2.75, 3.05) is 25.5 Å². The highest BCUT2D eigenvalue weighted by Crippen LogP contribution is 2.52. The molecule has 0 atom stereocenters. The SMILES string of the molecule is C/C=C/Cn1c(=O)c2cnc(Nc3ccc4c(c3)CN(C)CC43CC3)nc2n1-c1cccc(C(C)(C)OCCC)n1. The van der Waals surface area contributed by atoms with Crippen molar-refractivity contribution in [2.45, 2.75) is 71.1 Å². The van der Waals surface area contributed by atoms with Gasteiger partial charge in [-0.15, -0.1) is 0 Å². The predicted octanol–water partition coefficient (Wildman–Crippen LogP) is 5.44. The Hall–Kier alpha value is -3.82. The van der Waals surface area contributed by atoms with Crippen LogP contribution in [0.15, 0.2) is 59.5 Å². The van der Waals surface area contributed by atoms with Gasteiger partial charge >= 0.3 is 0 Å². The number of rotatable bonds is 9. The molecule has 0 radical (unpaired) electrons. The summed E-state index contributed by atoms with van der Waals surface area (Å²) >= 11 is 0. The maximum absolute atomic E-state index is 13.5. The van der Waals surface area contributed by atoms with Crippen LogP contribution in [0.3, 0.4) is 0 Å². The average Bonchev–Trinajstić information content (AvgIpc) is 3.66. The van der Waals surface area contributed by atoms with Crippen molar-refractivity contribution >= 4 is 22.7 Å². The van der Waals surface area contributed by atoms with Crippen LogP contribution in [0.1, 0.15) is 63.8 Å². The van der Waals surface area contributed by atoms with Crippen LogP contribution in [-0.4, -0.2) is 49.4 Å². The van der Waals surface area contributed by atoms with E-state index in [1.165, 1.54) is 24.0 Å². The molecule has 1 N–H and O–H groups in total. The van der Waals surface area contributed by atoms with E-state index in [2.05, 4.69) is 47.4 Å². The monoisotopic (exact) mass is 553 g/mol. The van der Waals surface area contributed by atoms with Gasteiger partial charge in [0.2, 0.25) is 5.95 Å². The van der Waals surface area contributed by atoms with Crippen molar-refractivity contribution in [3.63, 3.8) is 0 Å². The molecule has 0 unspecified atom stereocenters. The first-order chi connectivity index (χ1) is 19.7. The molecule has 1 saturated carbocycles. The summed E-state index contributed by atoms with van der Waals surface area (Å²) < 4.78 is 9.55. The lowest BCUT2D eigenvalue weighted by molar-refractivity contribution is -0.0244. The van der Waals surface area contributed by atoms with E-state index < -0.39 is 5.60 Å². The highest BCUT2D eigenvalue weighted by Gasteiger charge is 2.48. The highest BCUT2D eigenvalue weighted by atomic mass is 16.5. The lowest BCUT2D eigenvalue weighted by Gasteiger charge is -2.32. The number of pyridine rings is 1. The number of benzene rings is 1. The third-order valence-corrected chi connectivity index (χ3v) is 8.22. The molecule has 214 valence electrons. The first-order valence-electron chi connectivity index (χ1n) is 14.6. The first kappa shape index (κ1) is 27.4. The van der Waals surface area contributed by atoms with E-state index >= 15 is 0 Å². The standard InChI is InChI=1S/C32H39N7O2/c1-6-8-16-38-29(40)24-19-33-30(34-23-12-13-25-22(18-23)20-37(5)21-32(25)14-15-32)36-28(24)39(38)27-11-9-10-26(35-27)31(3,4)41-17-7-2/h6,8-13,18-19H,7,14-17,20-21H2,1-5H3,(H,33,34,36)/b8-6+. The molecule has 9 heteroatoms. The van der Waals surface area contributed by atoms with Gasteiger partial charge in [-0.25, -0.2) is 19.3 Å². The van der Waals surface area contributed by atoms with E-state index in [-0.39, 0.29) is 5.56 Å². The summed E-state index contributed by atoms with van der Waals surface area (Å²) in [7, 11) is 2.19. The molecular weight excluding hydrogens is 514 g/mol. The van der Waals surface area contributed by atoms with Gasteiger partial charge < -0.3 is 15.0 Å². The number of nitrogens with zero attached hydrogens (tertiary/aromatic N) is 6. The fraction of sp³-hybridized carbons (Fsp3) is 0.438. The Bertz CT molecular complexity index is 1680. The van der Waals surface area contributed by atoms with Gasteiger partial charge in [0, 0.05) is 37.0 Å². The molecule has 4 aromatic rings. The topological polar surface area (TPSA) is 90.1 Å². The third-order valence-electron chi connectivity index (χ3n) is 8.22. The third kappa shape index (κ3) is 5.08. The first-order valence-corrected chi connectivity index (χ1v) is 14.6. The molecule has 2 aliphatic rings. The molecule has 6 rings (SSSR count). The number of nitrogens with one attached hydrogen (secondary N) is 1. The fourth-order valence-electron chi connectivity index (χ4n) is 5.97. The number of anilines is 2. The number of hydrogen-bond donors (Lipinski definition) is 1. The largest absolute Gasteiger partial charge is 0.369 e. The van der Waals surface area contributed by atoms with E-state index in [1.54, 1.807) is 15.6 Å². The van der Waals surface area contributed by atoms with E-state index in [4.69, 9.17) is 14.7 Å². The number of fused-ring (bicyclic) bond motifs is 3. The second-order valence-electron chi connectivity index (χ2n) is 11.9. The Morgan fingerprint density at radius 2 is 2.00 bits per heavy atom. The van der Waals surface area contributed by atoms with Crippen LogP contribution in [0.4, 0.5) is 11.6 Å². The van der Waals surface area contributed by atoms with Gasteiger partial charge in [-0.3, -0.25) is 4.79 Å². The van der Waals surface area contributed by atoms with Crippen LogP contribution in [0.2, 0.25) is 0 Å². The van der Waals surface area contributed by atoms with Crippen molar-refractivity contribution in [1.82, 2.24) is 29.2 Å². The Morgan fingerprint density at radius 1 is 1.17 bits per heavy atom. The number of allylic oxidation sites excluding steroid dienone is 2. The molecule has 3 aromatic heterocycles. The summed E-state index contributed by atoms with van der Waals surface area (Å²) in [5, 5.41) is 3.84. The summed E-state index contributed by atoms with van der Waals surface area (Å²) in [5.41, 5.74) is 4.65. The van der Waals surface area contributed by atoms with Gasteiger partial charge in [0.15, 0.2) is 11.5 Å². The van der Waals surface area contributed by atoms with Crippen molar-refractivity contribution in [1.29, 1.82) is 0 Å². The van der Waals surface area contributed by atoms with Crippen LogP contribution >= 0.6 is 0 Å². The number of likely N-dealkylation sites (N-methyl/N-ethyl adjacent to an activating group) is 1. The Labute approximate surface area is 240 Å². The highest BCUT2D eigenvalue weighted by molar-refractivity contribution is 5.77. The lowest BCUT2D eigenvalue weighted by Crippen LogP contribution is -2.35. The van der Waals surface area contributed by atoms with Crippen LogP contribution in [-0.2, 0) is 28.8 Å². The number of hydrogen-bond acceptors (Lipinski definition) is 7. The van der Waals surface area contributed by atoms with Crippen LogP contribution in [0.25, 0.3) is 16.9 Å². The summed E-state index contributed by atoms with van der Waals surface area (Å²) in [6.45, 7) is 11.1. The van der Waals surface area contributed by atoms with Crippen molar-refractivity contribution < 1.29 is 4.74 Å². The van der Waals surface area contributed by atoms with Gasteiger partial charge in [0.1, 0.15) is 11.0 Å². The van der Waals surface area contributed by atoms with E-state index in [9.17, 15) is 4.79 Å². The minimum atomic E-state index is -0.579. The Morgan fingerprint density at radius 3 is 2.76 bits per heavy atom. The van der Waals surface area contributed by atoms with Gasteiger partial charge in [-0.05, 0) is 82.5 Å². The molecule has 1 spiro atoms. The van der Waals surface area contributed by atoms with E-state index in [0.717, 1.165) is 30.9 Å². The zero-order valence-corrected chi connectivity index (χ0v) is 24.6. The minimum absolute atomic E-state index is 0.162. The molecule has 0 bridgehead atoms. The second kappa shape index (κ2) is 10.5. The van der Waals surface area contributed by atoms with Crippen LogP contribution in [0, 0.1) is 0 Å². The Kier molecular flexibility index (Phi) is 7.03.